The maximum Gasteiger partial charge on any atom is 0.225 e. The van der Waals surface area contributed by atoms with E-state index in [1.165, 1.54) is 19.2 Å². The maximum absolute atomic E-state index is 12.7. The molecule has 1 N–H and O–H groups in total. The number of carbonyl (C=O) groups excluding carboxylic acids is 1. The summed E-state index contributed by atoms with van der Waals surface area (Å²) in [7, 11) is 0. The van der Waals surface area contributed by atoms with Crippen molar-refractivity contribution in [3.8, 4) is 5.82 Å². The van der Waals surface area contributed by atoms with Gasteiger partial charge in [-0.3, -0.25) is 4.79 Å². The lowest BCUT2D eigenvalue weighted by Gasteiger charge is -2.34. The van der Waals surface area contributed by atoms with E-state index in [9.17, 15) is 4.79 Å². The van der Waals surface area contributed by atoms with Gasteiger partial charge in [-0.05, 0) is 56.6 Å². The van der Waals surface area contributed by atoms with Crippen LogP contribution in [0.1, 0.15) is 45.4 Å². The van der Waals surface area contributed by atoms with Gasteiger partial charge in [-0.15, -0.1) is 10.2 Å². The van der Waals surface area contributed by atoms with E-state index in [4.69, 9.17) is 0 Å². The van der Waals surface area contributed by atoms with Crippen LogP contribution in [0.15, 0.2) is 24.8 Å². The number of rotatable bonds is 4. The van der Waals surface area contributed by atoms with Crippen LogP contribution < -0.4 is 10.2 Å². The molecule has 1 aliphatic carbocycles. The Kier molecular flexibility index (Phi) is 5.31. The molecular weight excluding hydrogens is 342 g/mol. The van der Waals surface area contributed by atoms with Gasteiger partial charge in [0.2, 0.25) is 5.91 Å². The zero-order valence-corrected chi connectivity index (χ0v) is 15.8. The van der Waals surface area contributed by atoms with E-state index in [0.717, 1.165) is 44.0 Å². The van der Waals surface area contributed by atoms with Gasteiger partial charge in [0.15, 0.2) is 11.6 Å². The molecule has 0 bridgehead atoms. The highest BCUT2D eigenvalue weighted by molar-refractivity contribution is 5.79. The highest BCUT2D eigenvalue weighted by atomic mass is 16.2. The number of amides is 1. The summed E-state index contributed by atoms with van der Waals surface area (Å²) in [6, 6.07) is 4.17. The van der Waals surface area contributed by atoms with Crippen LogP contribution in [0.25, 0.3) is 5.82 Å². The molecule has 144 valence electrons. The molecule has 0 aromatic carbocycles. The molecule has 27 heavy (non-hydrogen) atoms. The predicted molar refractivity (Wildman–Crippen MR) is 101 cm³/mol. The molecule has 0 radical (unpaired) electrons. The molecule has 2 aliphatic rings. The van der Waals surface area contributed by atoms with E-state index in [1.807, 2.05) is 12.1 Å². The van der Waals surface area contributed by atoms with Crippen molar-refractivity contribution in [2.24, 2.45) is 11.8 Å². The van der Waals surface area contributed by atoms with Crippen LogP contribution in [0, 0.1) is 11.8 Å². The molecule has 8 heteroatoms. The average molecular weight is 369 g/mol. The topological polar surface area (TPSA) is 88.8 Å². The first-order valence-corrected chi connectivity index (χ1v) is 9.93. The molecule has 1 saturated carbocycles. The summed E-state index contributed by atoms with van der Waals surface area (Å²) in [6.07, 6.45) is 9.65. The first-order chi connectivity index (χ1) is 13.2. The minimum absolute atomic E-state index is 0.0230. The first kappa shape index (κ1) is 17.9. The fourth-order valence-corrected chi connectivity index (χ4v) is 4.06. The van der Waals surface area contributed by atoms with Crippen LogP contribution in [0.3, 0.4) is 0 Å². The SMILES string of the molecule is CC1CCC(NC(=O)C2CCCN(c3ccc(-n4cncn4)nn3)C2)CC1. The lowest BCUT2D eigenvalue weighted by atomic mass is 9.87. The molecule has 1 atom stereocenters. The molecule has 1 aliphatic heterocycles. The monoisotopic (exact) mass is 369 g/mol. The molecule has 3 heterocycles. The van der Waals surface area contributed by atoms with Crippen LogP contribution in [-0.4, -0.2) is 50.0 Å². The number of carbonyl (C=O) groups is 1. The molecule has 1 amide bonds. The summed E-state index contributed by atoms with van der Waals surface area (Å²) in [6.45, 7) is 3.90. The first-order valence-electron chi connectivity index (χ1n) is 9.93. The van der Waals surface area contributed by atoms with Crippen LogP contribution in [0.5, 0.6) is 0 Å². The molecule has 0 spiro atoms. The van der Waals surface area contributed by atoms with Crippen molar-refractivity contribution in [2.75, 3.05) is 18.0 Å². The molecule has 1 unspecified atom stereocenters. The third-order valence-corrected chi connectivity index (χ3v) is 5.77. The van der Waals surface area contributed by atoms with Crippen molar-refractivity contribution in [1.29, 1.82) is 0 Å². The lowest BCUT2D eigenvalue weighted by molar-refractivity contribution is -0.126. The Morgan fingerprint density at radius 1 is 1.11 bits per heavy atom. The van der Waals surface area contributed by atoms with Crippen molar-refractivity contribution in [2.45, 2.75) is 51.5 Å². The Balaban J connectivity index is 1.35. The van der Waals surface area contributed by atoms with Crippen LogP contribution in [0.4, 0.5) is 5.82 Å². The second-order valence-corrected chi connectivity index (χ2v) is 7.84. The second-order valence-electron chi connectivity index (χ2n) is 7.84. The Labute approximate surface area is 159 Å². The van der Waals surface area contributed by atoms with Crippen molar-refractivity contribution in [1.82, 2.24) is 30.3 Å². The minimum Gasteiger partial charge on any atom is -0.354 e. The fourth-order valence-electron chi connectivity index (χ4n) is 4.06. The Hall–Kier alpha value is -2.51. The van der Waals surface area contributed by atoms with E-state index in [1.54, 1.807) is 11.0 Å². The summed E-state index contributed by atoms with van der Waals surface area (Å²) in [4.78, 5) is 18.8. The standard InChI is InChI=1S/C19H27N7O/c1-14-4-6-16(7-5-14)22-19(27)15-3-2-10-25(11-15)17-8-9-18(24-23-17)26-13-20-12-21-26/h8-9,12-16H,2-7,10-11H2,1H3,(H,22,27). The van der Waals surface area contributed by atoms with Crippen molar-refractivity contribution >= 4 is 11.7 Å². The third-order valence-electron chi connectivity index (χ3n) is 5.77. The summed E-state index contributed by atoms with van der Waals surface area (Å²) in [5, 5.41) is 15.9. The van der Waals surface area contributed by atoms with E-state index < -0.39 is 0 Å². The van der Waals surface area contributed by atoms with E-state index in [2.05, 4.69) is 37.4 Å². The highest BCUT2D eigenvalue weighted by Crippen LogP contribution is 2.25. The average Bonchev–Trinajstić information content (AvgIpc) is 3.25. The van der Waals surface area contributed by atoms with Gasteiger partial charge < -0.3 is 10.2 Å². The smallest absolute Gasteiger partial charge is 0.225 e. The molecule has 4 rings (SSSR count). The van der Waals surface area contributed by atoms with Gasteiger partial charge in [-0.2, -0.15) is 5.10 Å². The van der Waals surface area contributed by atoms with E-state index in [0.29, 0.717) is 18.4 Å². The molecule has 2 aromatic heterocycles. The number of hydrogen-bond acceptors (Lipinski definition) is 6. The largest absolute Gasteiger partial charge is 0.354 e. The number of anilines is 1. The third kappa shape index (κ3) is 4.26. The second kappa shape index (κ2) is 8.02. The molecule has 1 saturated heterocycles. The van der Waals surface area contributed by atoms with Crippen LogP contribution in [0.2, 0.25) is 0 Å². The van der Waals surface area contributed by atoms with Gasteiger partial charge in [-0.1, -0.05) is 6.92 Å². The Bertz CT molecular complexity index is 738. The van der Waals surface area contributed by atoms with Crippen LogP contribution in [-0.2, 0) is 4.79 Å². The normalized spacial score (nSPS) is 26.0. The molecule has 2 aromatic rings. The van der Waals surface area contributed by atoms with Crippen molar-refractivity contribution in [3.05, 3.63) is 24.8 Å². The quantitative estimate of drug-likeness (QED) is 0.886. The summed E-state index contributed by atoms with van der Waals surface area (Å²) >= 11 is 0. The Morgan fingerprint density at radius 2 is 1.89 bits per heavy atom. The summed E-state index contributed by atoms with van der Waals surface area (Å²) in [5.41, 5.74) is 0. The molecular formula is C19H27N7O. The maximum atomic E-state index is 12.7. The lowest BCUT2D eigenvalue weighted by Crippen LogP contribution is -2.47. The van der Waals surface area contributed by atoms with Crippen LogP contribution >= 0.6 is 0 Å². The van der Waals surface area contributed by atoms with E-state index in [-0.39, 0.29) is 11.8 Å². The molecule has 2 fully saturated rings. The zero-order chi connectivity index (χ0) is 18.6. The number of aromatic nitrogens is 5. The van der Waals surface area contributed by atoms with Gasteiger partial charge in [-0.25, -0.2) is 9.67 Å². The van der Waals surface area contributed by atoms with Crippen molar-refractivity contribution in [3.63, 3.8) is 0 Å². The highest BCUT2D eigenvalue weighted by Gasteiger charge is 2.29. The van der Waals surface area contributed by atoms with Gasteiger partial charge in [0.25, 0.3) is 0 Å². The van der Waals surface area contributed by atoms with Gasteiger partial charge in [0.05, 0.1) is 5.92 Å². The minimum atomic E-state index is 0.0230. The van der Waals surface area contributed by atoms with Gasteiger partial charge in [0.1, 0.15) is 12.7 Å². The van der Waals surface area contributed by atoms with E-state index >= 15 is 0 Å². The summed E-state index contributed by atoms with van der Waals surface area (Å²) in [5.74, 6) is 2.46. The number of nitrogens with zero attached hydrogens (tertiary/aromatic N) is 6. The number of hydrogen-bond donors (Lipinski definition) is 1. The van der Waals surface area contributed by atoms with Crippen molar-refractivity contribution < 1.29 is 4.79 Å². The fraction of sp³-hybridized carbons (Fsp3) is 0.632. The van der Waals surface area contributed by atoms with Gasteiger partial charge in [0, 0.05) is 19.1 Å². The number of nitrogens with one attached hydrogen (secondary N) is 1. The van der Waals surface area contributed by atoms with Gasteiger partial charge >= 0.3 is 0 Å². The molecule has 8 nitrogen and oxygen atoms in total. The Morgan fingerprint density at radius 3 is 2.59 bits per heavy atom. The zero-order valence-electron chi connectivity index (χ0n) is 15.8. The predicted octanol–water partition coefficient (Wildman–Crippen LogP) is 1.97. The number of piperidine rings is 1. The summed E-state index contributed by atoms with van der Waals surface area (Å²) < 4.78 is 1.58.